The Bertz CT molecular complexity index is 3750. The number of benzene rings is 10. The predicted octanol–water partition coefficient (Wildman–Crippen LogP) is 20.7. The summed E-state index contributed by atoms with van der Waals surface area (Å²) in [6.45, 7) is 23.1. The highest BCUT2D eigenvalue weighted by Crippen LogP contribution is 2.53. The van der Waals surface area contributed by atoms with Crippen molar-refractivity contribution < 1.29 is 8.83 Å². The lowest BCUT2D eigenvalue weighted by Crippen LogP contribution is -2.13. The number of rotatable bonds is 10. The zero-order valence-electron chi connectivity index (χ0n) is 43.4. The summed E-state index contributed by atoms with van der Waals surface area (Å²) in [4.78, 5) is 4.92. The number of furan rings is 2. The second-order valence-corrected chi connectivity index (χ2v) is 23.3. The van der Waals surface area contributed by atoms with Crippen molar-refractivity contribution in [2.75, 3.05) is 9.80 Å². The van der Waals surface area contributed by atoms with Crippen molar-refractivity contribution >= 4 is 110 Å². The fourth-order valence-corrected chi connectivity index (χ4v) is 11.8. The third kappa shape index (κ3) is 7.57. The SMILES string of the molecule is CC(C)c1cc(N(c2ccccc2)c2cccc3c2oc2c(CC(C)(C)C)cccc23)c2ccc3c(C(C)C)cc(N(c4ccccc4)c4cccc5c4oc4c(CC(C)(C)C)cccc45)c4ccc1c2c34. The zero-order valence-corrected chi connectivity index (χ0v) is 43.4. The molecule has 0 aliphatic carbocycles. The van der Waals surface area contributed by atoms with Gasteiger partial charge in [-0.25, -0.2) is 0 Å². The van der Waals surface area contributed by atoms with E-state index in [1.54, 1.807) is 0 Å². The Kier molecular flexibility index (Phi) is 10.8. The highest BCUT2D eigenvalue weighted by atomic mass is 16.3. The molecule has 358 valence electrons. The van der Waals surface area contributed by atoms with Crippen molar-refractivity contribution in [1.29, 1.82) is 0 Å². The van der Waals surface area contributed by atoms with Crippen molar-refractivity contribution in [3.63, 3.8) is 0 Å². The van der Waals surface area contributed by atoms with E-state index in [1.807, 2.05) is 0 Å². The van der Waals surface area contributed by atoms with Gasteiger partial charge in [0.2, 0.25) is 0 Å². The van der Waals surface area contributed by atoms with Gasteiger partial charge in [-0.05, 0) is 128 Å². The molecule has 0 N–H and O–H groups in total. The number of hydrogen-bond donors (Lipinski definition) is 0. The van der Waals surface area contributed by atoms with Crippen LogP contribution < -0.4 is 9.80 Å². The Morgan fingerprint density at radius 1 is 0.347 bits per heavy atom. The minimum Gasteiger partial charge on any atom is -0.454 e. The third-order valence-electron chi connectivity index (χ3n) is 14.8. The van der Waals surface area contributed by atoms with Crippen molar-refractivity contribution in [1.82, 2.24) is 0 Å². The lowest BCUT2D eigenvalue weighted by molar-refractivity contribution is 0.410. The quantitative estimate of drug-likeness (QED) is 0.128. The maximum atomic E-state index is 7.18. The molecular formula is C68H64N2O2. The van der Waals surface area contributed by atoms with E-state index in [2.05, 4.69) is 249 Å². The number of anilines is 6. The zero-order chi connectivity index (χ0) is 49.8. The van der Waals surface area contributed by atoms with Crippen LogP contribution >= 0.6 is 0 Å². The molecule has 0 bridgehead atoms. The van der Waals surface area contributed by atoms with Crippen molar-refractivity contribution in [3.8, 4) is 0 Å². The van der Waals surface area contributed by atoms with E-state index >= 15 is 0 Å². The Morgan fingerprint density at radius 2 is 0.694 bits per heavy atom. The largest absolute Gasteiger partial charge is 0.454 e. The van der Waals surface area contributed by atoms with Gasteiger partial charge in [-0.15, -0.1) is 0 Å². The molecule has 0 unspecified atom stereocenters. The van der Waals surface area contributed by atoms with Gasteiger partial charge in [0.15, 0.2) is 11.2 Å². The Hall–Kier alpha value is -7.56. The lowest BCUT2D eigenvalue weighted by Gasteiger charge is -2.31. The first-order chi connectivity index (χ1) is 34.6. The summed E-state index contributed by atoms with van der Waals surface area (Å²) in [7, 11) is 0. The number of hydrogen-bond acceptors (Lipinski definition) is 4. The van der Waals surface area contributed by atoms with E-state index in [0.29, 0.717) is 0 Å². The number of nitrogens with zero attached hydrogens (tertiary/aromatic N) is 2. The highest BCUT2D eigenvalue weighted by Gasteiger charge is 2.29. The molecule has 0 fully saturated rings. The van der Waals surface area contributed by atoms with Crippen molar-refractivity contribution in [3.05, 3.63) is 192 Å². The van der Waals surface area contributed by atoms with E-state index in [0.717, 1.165) is 90.8 Å². The van der Waals surface area contributed by atoms with E-state index in [9.17, 15) is 0 Å². The van der Waals surface area contributed by atoms with Gasteiger partial charge in [-0.1, -0.05) is 191 Å². The van der Waals surface area contributed by atoms with E-state index in [4.69, 9.17) is 8.83 Å². The van der Waals surface area contributed by atoms with Crippen LogP contribution in [0.25, 0.3) is 76.2 Å². The summed E-state index contributed by atoms with van der Waals surface area (Å²) in [6, 6.07) is 62.9. The molecular weight excluding hydrogens is 877 g/mol. The lowest BCUT2D eigenvalue weighted by atomic mass is 9.84. The molecule has 10 aromatic carbocycles. The summed E-state index contributed by atoms with van der Waals surface area (Å²) in [6.07, 6.45) is 1.84. The predicted molar refractivity (Wildman–Crippen MR) is 309 cm³/mol. The van der Waals surface area contributed by atoms with Gasteiger partial charge in [0.05, 0.1) is 22.7 Å². The normalized spacial score (nSPS) is 12.7. The smallest absolute Gasteiger partial charge is 0.159 e. The Morgan fingerprint density at radius 3 is 1.06 bits per heavy atom. The Balaban J connectivity index is 1.17. The molecule has 12 rings (SSSR count). The van der Waals surface area contributed by atoms with Gasteiger partial charge < -0.3 is 18.6 Å². The van der Waals surface area contributed by atoms with Gasteiger partial charge in [-0.2, -0.15) is 0 Å². The van der Waals surface area contributed by atoms with Gasteiger partial charge in [0.1, 0.15) is 11.2 Å². The average molecular weight is 941 g/mol. The highest BCUT2D eigenvalue weighted by molar-refractivity contribution is 6.30. The monoisotopic (exact) mass is 940 g/mol. The first-order valence-electron chi connectivity index (χ1n) is 26.0. The summed E-state index contributed by atoms with van der Waals surface area (Å²) in [5.74, 6) is 0.484. The second-order valence-electron chi connectivity index (χ2n) is 23.3. The summed E-state index contributed by atoms with van der Waals surface area (Å²) < 4.78 is 14.4. The molecule has 0 aliphatic rings. The third-order valence-corrected chi connectivity index (χ3v) is 14.8. The first kappa shape index (κ1) is 45.6. The van der Waals surface area contributed by atoms with Crippen molar-refractivity contribution in [2.45, 2.75) is 93.9 Å². The van der Waals surface area contributed by atoms with Crippen LogP contribution in [0, 0.1) is 10.8 Å². The van der Waals surface area contributed by atoms with Crippen LogP contribution in [0.15, 0.2) is 179 Å². The van der Waals surface area contributed by atoms with Crippen LogP contribution in [0.4, 0.5) is 34.1 Å². The molecule has 0 atom stereocenters. The van der Waals surface area contributed by atoms with Crippen LogP contribution in [0.2, 0.25) is 0 Å². The summed E-state index contributed by atoms with van der Waals surface area (Å²) >= 11 is 0. The van der Waals surface area contributed by atoms with E-state index < -0.39 is 0 Å². The van der Waals surface area contributed by atoms with Crippen LogP contribution in [0.3, 0.4) is 0 Å². The summed E-state index contributed by atoms with van der Waals surface area (Å²) in [5, 5.41) is 12.1. The molecule has 4 heteroatoms. The maximum Gasteiger partial charge on any atom is 0.159 e. The molecule has 0 saturated carbocycles. The molecule has 72 heavy (non-hydrogen) atoms. The van der Waals surface area contributed by atoms with E-state index in [1.165, 1.54) is 54.6 Å². The van der Waals surface area contributed by atoms with Gasteiger partial charge in [0.25, 0.3) is 0 Å². The fourth-order valence-electron chi connectivity index (χ4n) is 11.8. The van der Waals surface area contributed by atoms with Crippen LogP contribution in [-0.2, 0) is 12.8 Å². The van der Waals surface area contributed by atoms with E-state index in [-0.39, 0.29) is 22.7 Å². The molecule has 0 radical (unpaired) electrons. The average Bonchev–Trinajstić information content (AvgIpc) is 3.94. The van der Waals surface area contributed by atoms with Gasteiger partial charge >= 0.3 is 0 Å². The van der Waals surface area contributed by atoms with Crippen LogP contribution in [0.1, 0.15) is 103 Å². The van der Waals surface area contributed by atoms with Crippen LogP contribution in [0.5, 0.6) is 0 Å². The molecule has 2 heterocycles. The Labute approximate surface area is 423 Å². The number of fused-ring (bicyclic) bond motifs is 6. The van der Waals surface area contributed by atoms with Gasteiger partial charge in [0, 0.05) is 43.7 Å². The minimum absolute atomic E-state index is 0.102. The molecule has 0 amide bonds. The van der Waals surface area contributed by atoms with Crippen LogP contribution in [-0.4, -0.2) is 0 Å². The number of para-hydroxylation sites is 6. The van der Waals surface area contributed by atoms with Crippen molar-refractivity contribution in [2.24, 2.45) is 10.8 Å². The fraction of sp³-hybridized carbons (Fsp3) is 0.235. The maximum absolute atomic E-state index is 7.18. The topological polar surface area (TPSA) is 32.8 Å². The molecule has 12 aromatic rings. The van der Waals surface area contributed by atoms with Gasteiger partial charge in [-0.3, -0.25) is 0 Å². The first-order valence-corrected chi connectivity index (χ1v) is 26.0. The molecule has 0 spiro atoms. The molecule has 0 saturated heterocycles. The molecule has 2 aromatic heterocycles. The minimum atomic E-state index is 0.102. The second kappa shape index (κ2) is 17.1. The standard InChI is InChI=1S/C68H64N2O2/c1-41(2)55-37-59(69(45-23-13-11-14-24-45)57-31-19-29-51-49-27-17-21-43(39-67(5,6)7)63(49)71-65(51)57)53-36-34-48-56(42(3)4)38-60(54-35-33-47(55)61(53)62(48)54)70(46-25-15-12-16-26-46)58-32-20-30-52-50-28-18-22-44(40-68(8,9)10)64(50)72-66(52)58/h11-38,41-42H,39-40H2,1-10H3. The molecule has 0 aliphatic heterocycles. The summed E-state index contributed by atoms with van der Waals surface area (Å²) in [5.41, 5.74) is 15.5. The molecule has 4 nitrogen and oxygen atoms in total.